The van der Waals surface area contributed by atoms with Gasteiger partial charge in [-0.05, 0) is 35.4 Å². The number of carbonyl (C=O) groups is 1. The van der Waals surface area contributed by atoms with Crippen molar-refractivity contribution < 1.29 is 13.9 Å². The van der Waals surface area contributed by atoms with E-state index in [-0.39, 0.29) is 11.9 Å². The van der Waals surface area contributed by atoms with Gasteiger partial charge in [-0.15, -0.1) is 0 Å². The summed E-state index contributed by atoms with van der Waals surface area (Å²) >= 11 is 0. The van der Waals surface area contributed by atoms with Crippen LogP contribution < -0.4 is 10.1 Å². The second-order valence-electron chi connectivity index (χ2n) is 5.07. The van der Waals surface area contributed by atoms with Gasteiger partial charge in [0.15, 0.2) is 5.76 Å². The summed E-state index contributed by atoms with van der Waals surface area (Å²) in [5.41, 5.74) is 1.97. The molecule has 0 unspecified atom stereocenters. The Hall–Kier alpha value is -3.01. The number of carbonyl (C=O) groups excluding carboxylic acids is 1. The first-order chi connectivity index (χ1) is 11.3. The minimum atomic E-state index is -0.264. The molecule has 0 aliphatic heterocycles. The van der Waals surface area contributed by atoms with E-state index in [0.717, 1.165) is 16.9 Å². The average molecular weight is 307 g/mol. The second kappa shape index (κ2) is 6.83. The fraction of sp³-hybridized carbons (Fsp3) is 0.105. The van der Waals surface area contributed by atoms with Gasteiger partial charge < -0.3 is 14.5 Å². The van der Waals surface area contributed by atoms with Crippen LogP contribution >= 0.6 is 0 Å². The van der Waals surface area contributed by atoms with E-state index in [4.69, 9.17) is 9.15 Å². The van der Waals surface area contributed by atoms with Gasteiger partial charge in [0.2, 0.25) is 0 Å². The van der Waals surface area contributed by atoms with Crippen molar-refractivity contribution in [3.63, 3.8) is 0 Å². The number of nitrogens with one attached hydrogen (secondary N) is 1. The van der Waals surface area contributed by atoms with Crippen molar-refractivity contribution in [2.24, 2.45) is 0 Å². The Labute approximate surface area is 134 Å². The van der Waals surface area contributed by atoms with Gasteiger partial charge in [-0.3, -0.25) is 4.79 Å². The third-order valence-corrected chi connectivity index (χ3v) is 3.60. The number of methoxy groups -OCH3 is 1. The maximum Gasteiger partial charge on any atom is 0.287 e. The first kappa shape index (κ1) is 14.9. The van der Waals surface area contributed by atoms with Crippen LogP contribution in [0.5, 0.6) is 5.75 Å². The highest BCUT2D eigenvalue weighted by atomic mass is 16.5. The highest BCUT2D eigenvalue weighted by Gasteiger charge is 2.19. The molecule has 0 radical (unpaired) electrons. The summed E-state index contributed by atoms with van der Waals surface area (Å²) in [6.07, 6.45) is 1.49. The van der Waals surface area contributed by atoms with Gasteiger partial charge in [0.25, 0.3) is 5.91 Å². The van der Waals surface area contributed by atoms with Crippen LogP contribution in [0.15, 0.2) is 77.4 Å². The molecule has 0 saturated carbocycles. The molecule has 3 rings (SSSR count). The summed E-state index contributed by atoms with van der Waals surface area (Å²) in [7, 11) is 1.63. The van der Waals surface area contributed by atoms with Crippen molar-refractivity contribution in [1.82, 2.24) is 5.32 Å². The minimum Gasteiger partial charge on any atom is -0.497 e. The van der Waals surface area contributed by atoms with E-state index in [0.29, 0.717) is 5.76 Å². The molecule has 1 N–H and O–H groups in total. The number of furan rings is 1. The van der Waals surface area contributed by atoms with Gasteiger partial charge in [0, 0.05) is 0 Å². The molecule has 4 heteroatoms. The lowest BCUT2D eigenvalue weighted by molar-refractivity contribution is 0.0915. The first-order valence-corrected chi connectivity index (χ1v) is 7.31. The van der Waals surface area contributed by atoms with Crippen LogP contribution in [0.2, 0.25) is 0 Å². The summed E-state index contributed by atoms with van der Waals surface area (Å²) in [6.45, 7) is 0. The number of rotatable bonds is 5. The first-order valence-electron chi connectivity index (χ1n) is 7.31. The van der Waals surface area contributed by atoms with E-state index >= 15 is 0 Å². The average Bonchev–Trinajstić information content (AvgIpc) is 3.15. The molecule has 0 aliphatic carbocycles. The molecule has 4 nitrogen and oxygen atoms in total. The molecule has 1 aromatic heterocycles. The molecule has 0 spiro atoms. The Balaban J connectivity index is 1.91. The Morgan fingerprint density at radius 3 is 2.26 bits per heavy atom. The number of benzene rings is 2. The standard InChI is InChI=1S/C19H17NO3/c1-22-16-11-9-15(10-12-16)18(14-6-3-2-4-7-14)20-19(21)17-8-5-13-23-17/h2-13,18H,1H3,(H,20,21)/t18-/m0/s1. The van der Waals surface area contributed by atoms with Gasteiger partial charge >= 0.3 is 0 Å². The molecule has 23 heavy (non-hydrogen) atoms. The lowest BCUT2D eigenvalue weighted by Crippen LogP contribution is -2.29. The molecule has 0 fully saturated rings. The van der Waals surface area contributed by atoms with Gasteiger partial charge in [0.05, 0.1) is 19.4 Å². The van der Waals surface area contributed by atoms with Crippen LogP contribution in [0.1, 0.15) is 27.7 Å². The van der Waals surface area contributed by atoms with Crippen molar-refractivity contribution in [1.29, 1.82) is 0 Å². The minimum absolute atomic E-state index is 0.250. The number of ether oxygens (including phenoxy) is 1. The molecule has 1 atom stereocenters. The van der Waals surface area contributed by atoms with Crippen molar-refractivity contribution in [3.05, 3.63) is 89.9 Å². The molecule has 0 aliphatic rings. The normalized spacial score (nSPS) is 11.7. The highest BCUT2D eigenvalue weighted by molar-refractivity contribution is 5.91. The van der Waals surface area contributed by atoms with Crippen LogP contribution in [0.4, 0.5) is 0 Å². The Kier molecular flexibility index (Phi) is 4.43. The SMILES string of the molecule is COc1ccc([C@@H](NC(=O)c2ccco2)c2ccccc2)cc1. The van der Waals surface area contributed by atoms with Crippen LogP contribution in [-0.4, -0.2) is 13.0 Å². The smallest absolute Gasteiger partial charge is 0.287 e. The van der Waals surface area contributed by atoms with Gasteiger partial charge in [-0.25, -0.2) is 0 Å². The largest absolute Gasteiger partial charge is 0.497 e. The third-order valence-electron chi connectivity index (χ3n) is 3.60. The van der Waals surface area contributed by atoms with E-state index in [9.17, 15) is 4.79 Å². The second-order valence-corrected chi connectivity index (χ2v) is 5.07. The zero-order valence-electron chi connectivity index (χ0n) is 12.7. The predicted molar refractivity (Wildman–Crippen MR) is 87.5 cm³/mol. The Morgan fingerprint density at radius 2 is 1.65 bits per heavy atom. The zero-order valence-corrected chi connectivity index (χ0v) is 12.7. The van der Waals surface area contributed by atoms with Crippen LogP contribution in [0.3, 0.4) is 0 Å². The molecule has 1 heterocycles. The highest BCUT2D eigenvalue weighted by Crippen LogP contribution is 2.24. The lowest BCUT2D eigenvalue weighted by atomic mass is 9.98. The molecule has 0 saturated heterocycles. The van der Waals surface area contributed by atoms with Gasteiger partial charge in [-0.2, -0.15) is 0 Å². The van der Waals surface area contributed by atoms with Crippen molar-refractivity contribution >= 4 is 5.91 Å². The molecule has 116 valence electrons. The van der Waals surface area contributed by atoms with Crippen LogP contribution in [0.25, 0.3) is 0 Å². The van der Waals surface area contributed by atoms with Crippen LogP contribution in [-0.2, 0) is 0 Å². The maximum atomic E-state index is 12.4. The van der Waals surface area contributed by atoms with Gasteiger partial charge in [-0.1, -0.05) is 42.5 Å². The van der Waals surface area contributed by atoms with Crippen molar-refractivity contribution in [2.45, 2.75) is 6.04 Å². The number of hydrogen-bond donors (Lipinski definition) is 1. The van der Waals surface area contributed by atoms with Crippen molar-refractivity contribution in [3.8, 4) is 5.75 Å². The van der Waals surface area contributed by atoms with Crippen LogP contribution in [0, 0.1) is 0 Å². The summed E-state index contributed by atoms with van der Waals surface area (Å²) in [4.78, 5) is 12.4. The molecule has 0 bridgehead atoms. The fourth-order valence-corrected chi connectivity index (χ4v) is 2.41. The molecule has 2 aromatic carbocycles. The summed E-state index contributed by atoms with van der Waals surface area (Å²) in [5.74, 6) is 0.817. The van der Waals surface area contributed by atoms with E-state index in [1.165, 1.54) is 6.26 Å². The zero-order chi connectivity index (χ0) is 16.1. The Morgan fingerprint density at radius 1 is 0.957 bits per heavy atom. The molecule has 3 aromatic rings. The van der Waals surface area contributed by atoms with E-state index < -0.39 is 0 Å². The summed E-state index contributed by atoms with van der Waals surface area (Å²) < 4.78 is 10.4. The number of hydrogen-bond acceptors (Lipinski definition) is 3. The predicted octanol–water partition coefficient (Wildman–Crippen LogP) is 3.81. The summed E-state index contributed by atoms with van der Waals surface area (Å²) in [6, 6.07) is 20.5. The molecule has 1 amide bonds. The van der Waals surface area contributed by atoms with Crippen molar-refractivity contribution in [2.75, 3.05) is 7.11 Å². The van der Waals surface area contributed by atoms with E-state index in [1.54, 1.807) is 19.2 Å². The topological polar surface area (TPSA) is 51.5 Å². The fourth-order valence-electron chi connectivity index (χ4n) is 2.41. The lowest BCUT2D eigenvalue weighted by Gasteiger charge is -2.19. The Bertz CT molecular complexity index is 749. The third kappa shape index (κ3) is 3.43. The van der Waals surface area contributed by atoms with Gasteiger partial charge in [0.1, 0.15) is 5.75 Å². The van der Waals surface area contributed by atoms with E-state index in [2.05, 4.69) is 5.32 Å². The maximum absolute atomic E-state index is 12.4. The molecular formula is C19H17NO3. The number of amides is 1. The van der Waals surface area contributed by atoms with E-state index in [1.807, 2.05) is 54.6 Å². The quantitative estimate of drug-likeness (QED) is 0.780. The monoisotopic (exact) mass is 307 g/mol. The molecular weight excluding hydrogens is 290 g/mol. The summed E-state index contributed by atoms with van der Waals surface area (Å²) in [5, 5.41) is 3.02.